The number of benzene rings is 1. The fourth-order valence-electron chi connectivity index (χ4n) is 1.64. The van der Waals surface area contributed by atoms with Gasteiger partial charge in [0.2, 0.25) is 0 Å². The van der Waals surface area contributed by atoms with Gasteiger partial charge in [-0.15, -0.1) is 0 Å². The first kappa shape index (κ1) is 11.0. The highest BCUT2D eigenvalue weighted by Crippen LogP contribution is 2.44. The summed E-state index contributed by atoms with van der Waals surface area (Å²) in [4.78, 5) is 15.4. The zero-order valence-corrected chi connectivity index (χ0v) is 9.70. The summed E-state index contributed by atoms with van der Waals surface area (Å²) in [6, 6.07) is 5.77. The highest BCUT2D eigenvalue weighted by atomic mass is 32.2. The number of hydrogen-bond acceptors (Lipinski definition) is 5. The molecule has 0 aliphatic carbocycles. The molecule has 0 bridgehead atoms. The molecule has 1 aliphatic heterocycles. The molecule has 0 amide bonds. The largest absolute Gasteiger partial charge is 0.338 e. The maximum Gasteiger partial charge on any atom is 0.288 e. The Morgan fingerprint density at radius 2 is 2.17 bits per heavy atom. The van der Waals surface area contributed by atoms with E-state index in [1.807, 2.05) is 0 Å². The zero-order chi connectivity index (χ0) is 12.7. The molecule has 0 saturated heterocycles. The summed E-state index contributed by atoms with van der Waals surface area (Å²) in [5, 5.41) is 13.7. The molecule has 7 heteroatoms. The van der Waals surface area contributed by atoms with E-state index < -0.39 is 4.92 Å². The van der Waals surface area contributed by atoms with Crippen molar-refractivity contribution in [2.75, 3.05) is 5.32 Å². The van der Waals surface area contributed by atoms with Crippen molar-refractivity contribution in [1.82, 2.24) is 4.98 Å². The molecule has 1 aromatic heterocycles. The smallest absolute Gasteiger partial charge is 0.288 e. The van der Waals surface area contributed by atoms with E-state index in [0.29, 0.717) is 15.6 Å². The second-order valence-corrected chi connectivity index (χ2v) is 4.75. The molecular weight excluding hydrogens is 257 g/mol. The van der Waals surface area contributed by atoms with Crippen molar-refractivity contribution in [3.63, 3.8) is 0 Å². The van der Waals surface area contributed by atoms with Crippen LogP contribution in [0.25, 0.3) is 0 Å². The molecule has 0 atom stereocenters. The third-order valence-corrected chi connectivity index (χ3v) is 3.55. The van der Waals surface area contributed by atoms with Crippen LogP contribution in [0.15, 0.2) is 40.3 Å². The van der Waals surface area contributed by atoms with Gasteiger partial charge in [-0.3, -0.25) is 10.1 Å². The van der Waals surface area contributed by atoms with Gasteiger partial charge >= 0.3 is 0 Å². The van der Waals surface area contributed by atoms with Gasteiger partial charge in [0.15, 0.2) is 0 Å². The molecule has 1 N–H and O–H groups in total. The van der Waals surface area contributed by atoms with E-state index in [-0.39, 0.29) is 11.5 Å². The lowest BCUT2D eigenvalue weighted by Gasteiger charge is -2.19. The van der Waals surface area contributed by atoms with Crippen molar-refractivity contribution in [2.45, 2.75) is 9.79 Å². The van der Waals surface area contributed by atoms with Crippen molar-refractivity contribution in [3.8, 4) is 0 Å². The van der Waals surface area contributed by atoms with Gasteiger partial charge < -0.3 is 5.32 Å². The summed E-state index contributed by atoms with van der Waals surface area (Å²) >= 11 is 1.26. The van der Waals surface area contributed by atoms with Crippen molar-refractivity contribution in [3.05, 3.63) is 46.4 Å². The molecule has 5 nitrogen and oxygen atoms in total. The Hall–Kier alpha value is -2.15. The van der Waals surface area contributed by atoms with Gasteiger partial charge in [0.05, 0.1) is 15.5 Å². The van der Waals surface area contributed by atoms with Crippen LogP contribution in [0.1, 0.15) is 0 Å². The normalized spacial score (nSPS) is 12.3. The second-order valence-electron chi connectivity index (χ2n) is 3.66. The number of anilines is 2. The minimum Gasteiger partial charge on any atom is -0.338 e. The van der Waals surface area contributed by atoms with Crippen LogP contribution in [0.2, 0.25) is 0 Å². The second kappa shape index (κ2) is 3.95. The molecule has 0 saturated carbocycles. The van der Waals surface area contributed by atoms with Crippen LogP contribution in [0.3, 0.4) is 0 Å². The first-order valence-corrected chi connectivity index (χ1v) is 5.84. The van der Waals surface area contributed by atoms with Crippen LogP contribution in [0.5, 0.6) is 0 Å². The van der Waals surface area contributed by atoms with E-state index in [1.54, 1.807) is 6.07 Å². The van der Waals surface area contributed by atoms with Crippen molar-refractivity contribution < 1.29 is 9.31 Å². The molecule has 0 radical (unpaired) electrons. The number of nitrogens with zero attached hydrogens (tertiary/aromatic N) is 2. The molecule has 2 heterocycles. The molecule has 1 aromatic carbocycles. The molecule has 2 aromatic rings. The number of rotatable bonds is 1. The third kappa shape index (κ3) is 1.78. The van der Waals surface area contributed by atoms with Crippen LogP contribution in [0, 0.1) is 15.9 Å². The van der Waals surface area contributed by atoms with E-state index >= 15 is 0 Å². The minimum absolute atomic E-state index is 0.0806. The van der Waals surface area contributed by atoms with Crippen LogP contribution in [-0.2, 0) is 0 Å². The summed E-state index contributed by atoms with van der Waals surface area (Å²) < 4.78 is 13.1. The summed E-state index contributed by atoms with van der Waals surface area (Å²) in [7, 11) is 0. The van der Waals surface area contributed by atoms with Crippen molar-refractivity contribution in [2.24, 2.45) is 0 Å². The molecule has 0 unspecified atom stereocenters. The Kier molecular flexibility index (Phi) is 2.41. The number of hydrogen-bond donors (Lipinski definition) is 1. The maximum atomic E-state index is 13.1. The Balaban J connectivity index is 2.05. The third-order valence-electron chi connectivity index (χ3n) is 2.47. The summed E-state index contributed by atoms with van der Waals surface area (Å²) in [6.07, 6.45) is 1.20. The number of nitrogens with one attached hydrogen (secondary N) is 1. The minimum atomic E-state index is -0.505. The lowest BCUT2D eigenvalue weighted by Crippen LogP contribution is -2.03. The van der Waals surface area contributed by atoms with Gasteiger partial charge in [0, 0.05) is 11.0 Å². The zero-order valence-electron chi connectivity index (χ0n) is 8.88. The number of nitro groups is 1. The predicted octanol–water partition coefficient (Wildman–Crippen LogP) is 3.34. The quantitative estimate of drug-likeness (QED) is 0.538. The summed E-state index contributed by atoms with van der Waals surface area (Å²) in [5.74, 6) is 0.203. The van der Waals surface area contributed by atoms with Gasteiger partial charge in [-0.25, -0.2) is 9.37 Å². The Morgan fingerprint density at radius 1 is 1.33 bits per heavy atom. The van der Waals surface area contributed by atoms with E-state index in [1.165, 1.54) is 36.2 Å². The Labute approximate surface area is 105 Å². The Bertz CT molecular complexity index is 663. The fourth-order valence-corrected chi connectivity index (χ4v) is 2.65. The number of pyridine rings is 1. The Morgan fingerprint density at radius 3 is 2.94 bits per heavy atom. The maximum absolute atomic E-state index is 13.1. The molecule has 90 valence electrons. The predicted molar refractivity (Wildman–Crippen MR) is 64.7 cm³/mol. The van der Waals surface area contributed by atoms with Crippen LogP contribution < -0.4 is 5.32 Å². The van der Waals surface area contributed by atoms with Gasteiger partial charge in [0.1, 0.15) is 17.8 Å². The van der Waals surface area contributed by atoms with E-state index in [9.17, 15) is 14.5 Å². The number of halogens is 1. The van der Waals surface area contributed by atoms with Crippen LogP contribution in [0.4, 0.5) is 21.6 Å². The summed E-state index contributed by atoms with van der Waals surface area (Å²) in [5.41, 5.74) is 0.665. The highest BCUT2D eigenvalue weighted by molar-refractivity contribution is 7.99. The monoisotopic (exact) mass is 263 g/mol. The molecule has 0 spiro atoms. The number of fused-ring (bicyclic) bond motifs is 2. The lowest BCUT2D eigenvalue weighted by atomic mass is 10.3. The highest BCUT2D eigenvalue weighted by Gasteiger charge is 2.20. The van der Waals surface area contributed by atoms with E-state index in [4.69, 9.17) is 0 Å². The van der Waals surface area contributed by atoms with Gasteiger partial charge in [-0.2, -0.15) is 0 Å². The van der Waals surface area contributed by atoms with Gasteiger partial charge in [-0.1, -0.05) is 11.8 Å². The molecule has 3 rings (SSSR count). The molecular formula is C11H6FN3O2S. The van der Waals surface area contributed by atoms with Crippen molar-refractivity contribution >= 4 is 29.0 Å². The van der Waals surface area contributed by atoms with E-state index in [2.05, 4.69) is 10.3 Å². The first-order valence-electron chi connectivity index (χ1n) is 5.02. The average Bonchev–Trinajstić information content (AvgIpc) is 2.35. The lowest BCUT2D eigenvalue weighted by molar-refractivity contribution is -0.385. The summed E-state index contributed by atoms with van der Waals surface area (Å²) in [6.45, 7) is 0. The van der Waals surface area contributed by atoms with Gasteiger partial charge in [-0.05, 0) is 18.2 Å². The standard InChI is InChI=1S/C11H6FN3O2S/c12-6-1-2-8-9(3-6)18-10-4-7(15(16)17)5-13-11(10)14-8/h1-5H,(H,13,14). The fraction of sp³-hybridized carbons (Fsp3) is 0. The topological polar surface area (TPSA) is 68.1 Å². The first-order chi connectivity index (χ1) is 8.63. The molecule has 1 aliphatic rings. The van der Waals surface area contributed by atoms with Crippen molar-refractivity contribution in [1.29, 1.82) is 0 Å². The van der Waals surface area contributed by atoms with Gasteiger partial charge in [0.25, 0.3) is 5.69 Å². The average molecular weight is 263 g/mol. The van der Waals surface area contributed by atoms with Crippen LogP contribution >= 0.6 is 11.8 Å². The number of aromatic nitrogens is 1. The van der Waals surface area contributed by atoms with E-state index in [0.717, 1.165) is 5.69 Å². The SMILES string of the molecule is O=[N+]([O-])c1cnc2c(c1)Sc1cc(F)ccc1N2. The molecule has 18 heavy (non-hydrogen) atoms. The molecule has 0 fully saturated rings. The van der Waals surface area contributed by atoms with Crippen LogP contribution in [-0.4, -0.2) is 9.91 Å².